The van der Waals surface area contributed by atoms with Crippen LogP contribution >= 0.6 is 0 Å². The Bertz CT molecular complexity index is 374. The molecule has 0 atom stereocenters. The van der Waals surface area contributed by atoms with Crippen molar-refractivity contribution in [2.24, 2.45) is 0 Å². The molecule has 0 aliphatic rings. The zero-order valence-electron chi connectivity index (χ0n) is 9.03. The van der Waals surface area contributed by atoms with Crippen molar-refractivity contribution in [3.63, 3.8) is 0 Å². The molecule has 0 unspecified atom stereocenters. The zero-order chi connectivity index (χ0) is 12.7. The lowest BCUT2D eigenvalue weighted by Crippen LogP contribution is -2.17. The van der Waals surface area contributed by atoms with E-state index in [4.69, 9.17) is 5.73 Å². The van der Waals surface area contributed by atoms with Crippen molar-refractivity contribution in [2.45, 2.75) is 12.8 Å². The maximum Gasteiger partial charge on any atom is 0.261 e. The van der Waals surface area contributed by atoms with E-state index in [-0.39, 0.29) is 24.8 Å². The Kier molecular flexibility index (Phi) is 5.28. The summed E-state index contributed by atoms with van der Waals surface area (Å²) in [7, 11) is 0. The average Bonchev–Trinajstić information content (AvgIpc) is 2.27. The highest BCUT2D eigenvalue weighted by Crippen LogP contribution is 2.12. The molecule has 7 heteroatoms. The molecular formula is C10H13F2N3O2. The second kappa shape index (κ2) is 6.74. The Balaban J connectivity index is 2.28. The number of alkyl halides is 2. The van der Waals surface area contributed by atoms with E-state index >= 15 is 0 Å². The molecule has 1 heterocycles. The maximum atomic E-state index is 11.7. The summed E-state index contributed by atoms with van der Waals surface area (Å²) in [4.78, 5) is 15.2. The summed E-state index contributed by atoms with van der Waals surface area (Å²) in [6.45, 7) is -0.734. The summed E-state index contributed by atoms with van der Waals surface area (Å²) in [5, 5.41) is 2.46. The molecule has 5 nitrogen and oxygen atoms in total. The van der Waals surface area contributed by atoms with E-state index in [1.165, 1.54) is 6.20 Å². The Morgan fingerprint density at radius 2 is 2.35 bits per heavy atom. The van der Waals surface area contributed by atoms with Crippen LogP contribution in [0.5, 0.6) is 0 Å². The largest absolute Gasteiger partial charge is 0.396 e. The lowest BCUT2D eigenvalue weighted by atomic mass is 10.3. The van der Waals surface area contributed by atoms with Crippen LogP contribution < -0.4 is 11.1 Å². The van der Waals surface area contributed by atoms with Crippen LogP contribution in [0.3, 0.4) is 0 Å². The van der Waals surface area contributed by atoms with E-state index < -0.39 is 13.0 Å². The average molecular weight is 245 g/mol. The van der Waals surface area contributed by atoms with E-state index in [2.05, 4.69) is 15.0 Å². The fourth-order valence-corrected chi connectivity index (χ4v) is 1.05. The van der Waals surface area contributed by atoms with E-state index in [0.717, 1.165) is 0 Å². The van der Waals surface area contributed by atoms with Crippen LogP contribution in [-0.2, 0) is 9.53 Å². The van der Waals surface area contributed by atoms with Crippen molar-refractivity contribution in [2.75, 3.05) is 24.3 Å². The predicted molar refractivity (Wildman–Crippen MR) is 58.7 cm³/mol. The van der Waals surface area contributed by atoms with E-state index in [1.807, 2.05) is 0 Å². The van der Waals surface area contributed by atoms with Gasteiger partial charge in [0.15, 0.2) is 5.82 Å². The highest BCUT2D eigenvalue weighted by molar-refractivity contribution is 5.92. The topological polar surface area (TPSA) is 77.2 Å². The summed E-state index contributed by atoms with van der Waals surface area (Å²) in [5.74, 6) is -0.129. The van der Waals surface area contributed by atoms with Crippen molar-refractivity contribution in [3.05, 3.63) is 18.3 Å². The van der Waals surface area contributed by atoms with Gasteiger partial charge < -0.3 is 15.8 Å². The molecule has 1 amide bonds. The molecule has 1 rings (SSSR count). The monoisotopic (exact) mass is 245 g/mol. The first-order chi connectivity index (χ1) is 8.09. The third-order valence-electron chi connectivity index (χ3n) is 1.81. The molecule has 0 aliphatic carbocycles. The van der Waals surface area contributed by atoms with Gasteiger partial charge in [-0.3, -0.25) is 4.79 Å². The van der Waals surface area contributed by atoms with Crippen LogP contribution in [0.25, 0.3) is 0 Å². The van der Waals surface area contributed by atoms with Gasteiger partial charge in [-0.25, -0.2) is 13.8 Å². The molecule has 1 aromatic rings. The number of hydrogen-bond acceptors (Lipinski definition) is 4. The predicted octanol–water partition coefficient (Wildman–Crippen LogP) is 1.27. The second-order valence-corrected chi connectivity index (χ2v) is 3.21. The summed E-state index contributed by atoms with van der Waals surface area (Å²) >= 11 is 0. The number of carbonyl (C=O) groups excluding carboxylic acids is 1. The summed E-state index contributed by atoms with van der Waals surface area (Å²) in [5.41, 5.74) is 5.90. The van der Waals surface area contributed by atoms with Gasteiger partial charge in [0.25, 0.3) is 6.43 Å². The number of carbonyl (C=O) groups is 1. The van der Waals surface area contributed by atoms with E-state index in [9.17, 15) is 13.6 Å². The summed E-state index contributed by atoms with van der Waals surface area (Å²) < 4.78 is 28.0. The van der Waals surface area contributed by atoms with Crippen LogP contribution in [0.4, 0.5) is 20.3 Å². The number of aromatic nitrogens is 1. The fraction of sp³-hybridized carbons (Fsp3) is 0.400. The first-order valence-corrected chi connectivity index (χ1v) is 4.96. The number of ether oxygens (including phenoxy) is 1. The number of nitrogens with two attached hydrogens (primary N) is 1. The lowest BCUT2D eigenvalue weighted by molar-refractivity contribution is -0.117. The second-order valence-electron chi connectivity index (χ2n) is 3.21. The Hall–Kier alpha value is -1.76. The van der Waals surface area contributed by atoms with Crippen molar-refractivity contribution in [1.29, 1.82) is 0 Å². The van der Waals surface area contributed by atoms with E-state index in [1.54, 1.807) is 12.1 Å². The van der Waals surface area contributed by atoms with Gasteiger partial charge in [-0.1, -0.05) is 0 Å². The number of halogens is 2. The molecule has 0 saturated heterocycles. The number of nitrogen functional groups attached to an aromatic ring is 1. The van der Waals surface area contributed by atoms with Crippen LogP contribution in [0.15, 0.2) is 18.3 Å². The third-order valence-corrected chi connectivity index (χ3v) is 1.81. The van der Waals surface area contributed by atoms with Gasteiger partial charge in [-0.05, 0) is 12.1 Å². The molecule has 17 heavy (non-hydrogen) atoms. The summed E-state index contributed by atoms with van der Waals surface area (Å²) in [6.07, 6.45) is -1.06. The van der Waals surface area contributed by atoms with Gasteiger partial charge in [0.05, 0.1) is 18.7 Å². The number of rotatable bonds is 6. The number of nitrogens with one attached hydrogen (secondary N) is 1. The molecule has 3 N–H and O–H groups in total. The fourth-order valence-electron chi connectivity index (χ4n) is 1.05. The Morgan fingerprint density at radius 3 is 3.00 bits per heavy atom. The first-order valence-electron chi connectivity index (χ1n) is 4.96. The van der Waals surface area contributed by atoms with Crippen LogP contribution in [0.2, 0.25) is 0 Å². The minimum Gasteiger partial charge on any atom is -0.396 e. The van der Waals surface area contributed by atoms with E-state index in [0.29, 0.717) is 5.69 Å². The van der Waals surface area contributed by atoms with Gasteiger partial charge in [0, 0.05) is 6.20 Å². The third kappa shape index (κ3) is 5.21. The number of hydrogen-bond donors (Lipinski definition) is 2. The van der Waals surface area contributed by atoms with Gasteiger partial charge in [-0.2, -0.15) is 0 Å². The van der Waals surface area contributed by atoms with Crippen LogP contribution in [-0.4, -0.2) is 30.5 Å². The smallest absolute Gasteiger partial charge is 0.261 e. The maximum absolute atomic E-state index is 11.7. The number of pyridine rings is 1. The number of amides is 1. The normalized spacial score (nSPS) is 10.5. The van der Waals surface area contributed by atoms with Crippen LogP contribution in [0.1, 0.15) is 6.42 Å². The highest BCUT2D eigenvalue weighted by atomic mass is 19.3. The molecule has 0 bridgehead atoms. The zero-order valence-corrected chi connectivity index (χ0v) is 9.03. The molecule has 0 aliphatic heterocycles. The Morgan fingerprint density at radius 1 is 1.59 bits per heavy atom. The molecular weight excluding hydrogens is 232 g/mol. The van der Waals surface area contributed by atoms with Gasteiger partial charge in [0.2, 0.25) is 5.91 Å². The minimum absolute atomic E-state index is 0.0251. The first kappa shape index (κ1) is 13.3. The number of anilines is 2. The van der Waals surface area contributed by atoms with Crippen molar-refractivity contribution < 1.29 is 18.3 Å². The molecule has 0 fully saturated rings. The van der Waals surface area contributed by atoms with Crippen LogP contribution in [0, 0.1) is 0 Å². The lowest BCUT2D eigenvalue weighted by Gasteiger charge is -2.06. The van der Waals surface area contributed by atoms with Crippen molar-refractivity contribution in [3.8, 4) is 0 Å². The molecule has 0 spiro atoms. The standard InChI is InChI=1S/C10H13F2N3O2/c11-8(12)6-17-5-3-9(16)15-10-7(13)2-1-4-14-10/h1-2,4,8H,3,5-6,13H2,(H,14,15,16). The molecule has 0 aromatic carbocycles. The number of nitrogens with zero attached hydrogens (tertiary/aromatic N) is 1. The quantitative estimate of drug-likeness (QED) is 0.740. The molecule has 0 saturated carbocycles. The Labute approximate surface area is 97.0 Å². The highest BCUT2D eigenvalue weighted by Gasteiger charge is 2.07. The molecule has 1 aromatic heterocycles. The van der Waals surface area contributed by atoms with Gasteiger partial charge in [0.1, 0.15) is 6.61 Å². The van der Waals surface area contributed by atoms with Crippen molar-refractivity contribution in [1.82, 2.24) is 4.98 Å². The minimum atomic E-state index is -2.52. The van der Waals surface area contributed by atoms with Crippen molar-refractivity contribution >= 4 is 17.4 Å². The SMILES string of the molecule is Nc1cccnc1NC(=O)CCOCC(F)F. The van der Waals surface area contributed by atoms with Gasteiger partial charge >= 0.3 is 0 Å². The molecule has 0 radical (unpaired) electrons. The van der Waals surface area contributed by atoms with Gasteiger partial charge in [-0.15, -0.1) is 0 Å². The molecule has 94 valence electrons. The summed E-state index contributed by atoms with van der Waals surface area (Å²) in [6, 6.07) is 3.23.